The second-order valence-electron chi connectivity index (χ2n) is 3.59. The van der Waals surface area contributed by atoms with E-state index >= 15 is 0 Å². The lowest BCUT2D eigenvalue weighted by Crippen LogP contribution is -2.27. The Labute approximate surface area is 123 Å². The van der Waals surface area contributed by atoms with Crippen molar-refractivity contribution >= 4 is 39.8 Å². The Morgan fingerprint density at radius 1 is 1.39 bits per heavy atom. The van der Waals surface area contributed by atoms with Crippen molar-refractivity contribution in [1.29, 1.82) is 5.26 Å². The van der Waals surface area contributed by atoms with Gasteiger partial charge in [-0.3, -0.25) is 4.79 Å². The average molecular weight is 368 g/mol. The van der Waals surface area contributed by atoms with Gasteiger partial charge in [0, 0.05) is 5.38 Å². The Bertz CT molecular complexity index is 589. The van der Waals surface area contributed by atoms with E-state index in [9.17, 15) is 4.79 Å². The van der Waals surface area contributed by atoms with Crippen LogP contribution in [0.3, 0.4) is 0 Å². The third kappa shape index (κ3) is 3.09. The number of benzene rings is 1. The van der Waals surface area contributed by atoms with Crippen LogP contribution in [0.5, 0.6) is 0 Å². The Kier molecular flexibility index (Phi) is 4.33. The summed E-state index contributed by atoms with van der Waals surface area (Å²) in [5, 5.41) is 13.6. The Hall–Kier alpha value is -1.39. The zero-order chi connectivity index (χ0) is 13.0. The molecule has 0 saturated heterocycles. The van der Waals surface area contributed by atoms with Crippen LogP contribution in [0.4, 0.5) is 0 Å². The summed E-state index contributed by atoms with van der Waals surface area (Å²) in [6.45, 7) is 0. The third-order valence-corrected chi connectivity index (χ3v) is 4.16. The molecule has 0 aliphatic carbocycles. The molecule has 90 valence electrons. The summed E-state index contributed by atoms with van der Waals surface area (Å²) in [5.74, 6) is -0.218. The minimum atomic E-state index is -0.615. The molecular weight excluding hydrogens is 359 g/mol. The number of nitrogens with zero attached hydrogens (tertiary/aromatic N) is 1. The molecule has 2 rings (SSSR count). The summed E-state index contributed by atoms with van der Waals surface area (Å²) in [6, 6.07) is 12.5. The highest BCUT2D eigenvalue weighted by molar-refractivity contribution is 14.1. The van der Waals surface area contributed by atoms with Gasteiger partial charge in [0.25, 0.3) is 5.91 Å². The Morgan fingerprint density at radius 3 is 2.67 bits per heavy atom. The molecule has 18 heavy (non-hydrogen) atoms. The summed E-state index contributed by atoms with van der Waals surface area (Å²) < 4.78 is 1.05. The fourth-order valence-electron chi connectivity index (χ4n) is 1.48. The van der Waals surface area contributed by atoms with Gasteiger partial charge in [-0.15, -0.1) is 11.3 Å². The number of carbonyl (C=O) groups is 1. The molecule has 0 radical (unpaired) electrons. The molecule has 0 fully saturated rings. The SMILES string of the molecule is N#CC(NC(=O)c1csc(I)c1)c1ccccc1. The van der Waals surface area contributed by atoms with E-state index in [1.807, 2.05) is 30.3 Å². The van der Waals surface area contributed by atoms with Crippen LogP contribution >= 0.6 is 33.9 Å². The maximum Gasteiger partial charge on any atom is 0.253 e. The zero-order valence-electron chi connectivity index (χ0n) is 9.26. The van der Waals surface area contributed by atoms with Crippen LogP contribution in [0, 0.1) is 14.2 Å². The van der Waals surface area contributed by atoms with Crippen molar-refractivity contribution < 1.29 is 4.79 Å². The lowest BCUT2D eigenvalue weighted by atomic mass is 10.1. The van der Waals surface area contributed by atoms with Crippen molar-refractivity contribution in [2.75, 3.05) is 0 Å². The molecule has 1 unspecified atom stereocenters. The van der Waals surface area contributed by atoms with Gasteiger partial charge in [-0.1, -0.05) is 30.3 Å². The van der Waals surface area contributed by atoms with Crippen molar-refractivity contribution in [3.05, 3.63) is 55.8 Å². The number of nitrogens with one attached hydrogen (secondary N) is 1. The van der Waals surface area contributed by atoms with Gasteiger partial charge < -0.3 is 5.32 Å². The van der Waals surface area contributed by atoms with E-state index < -0.39 is 6.04 Å². The van der Waals surface area contributed by atoms with Crippen LogP contribution in [0.2, 0.25) is 0 Å². The molecule has 1 N–H and O–H groups in total. The summed E-state index contributed by atoms with van der Waals surface area (Å²) in [4.78, 5) is 11.9. The lowest BCUT2D eigenvalue weighted by molar-refractivity contribution is 0.0945. The molecule has 0 saturated carbocycles. The van der Waals surface area contributed by atoms with Crippen molar-refractivity contribution in [2.24, 2.45) is 0 Å². The largest absolute Gasteiger partial charge is 0.332 e. The monoisotopic (exact) mass is 368 g/mol. The first-order chi connectivity index (χ1) is 8.70. The van der Waals surface area contributed by atoms with Crippen LogP contribution in [-0.4, -0.2) is 5.91 Å². The second-order valence-corrected chi connectivity index (χ2v) is 6.39. The van der Waals surface area contributed by atoms with Gasteiger partial charge in [0.15, 0.2) is 0 Å². The molecule has 5 heteroatoms. The van der Waals surface area contributed by atoms with Crippen LogP contribution in [0.15, 0.2) is 41.8 Å². The zero-order valence-corrected chi connectivity index (χ0v) is 12.2. The first-order valence-corrected chi connectivity index (χ1v) is 7.16. The first-order valence-electron chi connectivity index (χ1n) is 5.20. The molecular formula is C13H9IN2OS. The molecule has 1 atom stereocenters. The van der Waals surface area contributed by atoms with Crippen LogP contribution < -0.4 is 5.32 Å². The molecule has 2 aromatic rings. The maximum absolute atomic E-state index is 11.9. The van der Waals surface area contributed by atoms with Crippen LogP contribution in [-0.2, 0) is 0 Å². The van der Waals surface area contributed by atoms with Gasteiger partial charge in [-0.25, -0.2) is 0 Å². The Morgan fingerprint density at radius 2 is 2.11 bits per heavy atom. The van der Waals surface area contributed by atoms with Gasteiger partial charge in [0.1, 0.15) is 6.04 Å². The highest BCUT2D eigenvalue weighted by Crippen LogP contribution is 2.18. The van der Waals surface area contributed by atoms with E-state index in [0.29, 0.717) is 5.56 Å². The summed E-state index contributed by atoms with van der Waals surface area (Å²) in [6.07, 6.45) is 0. The number of amides is 1. The van der Waals surface area contributed by atoms with E-state index in [-0.39, 0.29) is 5.91 Å². The second kappa shape index (κ2) is 5.98. The predicted molar refractivity (Wildman–Crippen MR) is 79.3 cm³/mol. The minimum absolute atomic E-state index is 0.218. The summed E-state index contributed by atoms with van der Waals surface area (Å²) in [7, 11) is 0. The van der Waals surface area contributed by atoms with Crippen molar-refractivity contribution in [2.45, 2.75) is 6.04 Å². The molecule has 1 heterocycles. The number of hydrogen-bond donors (Lipinski definition) is 1. The average Bonchev–Trinajstić information content (AvgIpc) is 2.83. The van der Waals surface area contributed by atoms with E-state index in [4.69, 9.17) is 5.26 Å². The van der Waals surface area contributed by atoms with E-state index in [2.05, 4.69) is 34.0 Å². The topological polar surface area (TPSA) is 52.9 Å². The van der Waals surface area contributed by atoms with E-state index in [0.717, 1.165) is 8.45 Å². The van der Waals surface area contributed by atoms with Gasteiger partial charge in [-0.05, 0) is 34.2 Å². The number of nitriles is 1. The maximum atomic E-state index is 11.9. The van der Waals surface area contributed by atoms with Gasteiger partial charge >= 0.3 is 0 Å². The van der Waals surface area contributed by atoms with Gasteiger partial charge in [0.2, 0.25) is 0 Å². The molecule has 3 nitrogen and oxygen atoms in total. The molecule has 0 bridgehead atoms. The number of carbonyl (C=O) groups excluding carboxylic acids is 1. The third-order valence-electron chi connectivity index (χ3n) is 2.37. The molecule has 0 spiro atoms. The summed E-state index contributed by atoms with van der Waals surface area (Å²) >= 11 is 3.67. The predicted octanol–water partition coefficient (Wildman–Crippen LogP) is 3.35. The molecule has 0 aliphatic rings. The number of halogens is 1. The van der Waals surface area contributed by atoms with Gasteiger partial charge in [-0.2, -0.15) is 5.26 Å². The first kappa shape index (κ1) is 13.1. The summed E-state index contributed by atoms with van der Waals surface area (Å²) in [5.41, 5.74) is 1.39. The number of rotatable bonds is 3. The van der Waals surface area contributed by atoms with Crippen molar-refractivity contribution in [1.82, 2.24) is 5.32 Å². The quantitative estimate of drug-likeness (QED) is 0.845. The van der Waals surface area contributed by atoms with Gasteiger partial charge in [0.05, 0.1) is 14.5 Å². The highest BCUT2D eigenvalue weighted by atomic mass is 127. The molecule has 0 aliphatic heterocycles. The lowest BCUT2D eigenvalue weighted by Gasteiger charge is -2.10. The number of thiophene rings is 1. The minimum Gasteiger partial charge on any atom is -0.332 e. The number of hydrogen-bond acceptors (Lipinski definition) is 3. The molecule has 1 aromatic carbocycles. The molecule has 1 amide bonds. The molecule has 1 aromatic heterocycles. The standard InChI is InChI=1S/C13H9IN2OS/c14-12-6-10(8-18-12)13(17)16-11(7-15)9-4-2-1-3-5-9/h1-6,8,11H,(H,16,17). The van der Waals surface area contributed by atoms with E-state index in [1.165, 1.54) is 11.3 Å². The normalized spacial score (nSPS) is 11.6. The van der Waals surface area contributed by atoms with Crippen molar-refractivity contribution in [3.8, 4) is 6.07 Å². The van der Waals surface area contributed by atoms with Crippen LogP contribution in [0.25, 0.3) is 0 Å². The van der Waals surface area contributed by atoms with Crippen LogP contribution in [0.1, 0.15) is 22.0 Å². The highest BCUT2D eigenvalue weighted by Gasteiger charge is 2.15. The van der Waals surface area contributed by atoms with E-state index in [1.54, 1.807) is 11.4 Å². The fourth-order valence-corrected chi connectivity index (χ4v) is 2.81. The Balaban J connectivity index is 2.13. The fraction of sp³-hybridized carbons (Fsp3) is 0.0769. The van der Waals surface area contributed by atoms with Crippen molar-refractivity contribution in [3.63, 3.8) is 0 Å². The smallest absolute Gasteiger partial charge is 0.253 e.